The number of hydrogen-bond donors (Lipinski definition) is 6. The lowest BCUT2D eigenvalue weighted by atomic mass is 10.1. The summed E-state index contributed by atoms with van der Waals surface area (Å²) in [5.41, 5.74) is 17.4. The Labute approximate surface area is 662 Å². The minimum atomic E-state index is -0.994. The van der Waals surface area contributed by atoms with Crippen LogP contribution >= 0.6 is 123 Å². The Hall–Kier alpha value is -5.37. The van der Waals surface area contributed by atoms with Crippen LogP contribution in [0.15, 0.2) is 86.9 Å². The number of carbonyl (C=O) groups excluding carboxylic acids is 6. The summed E-state index contributed by atoms with van der Waals surface area (Å²) in [5, 5.41) is 18.1. The summed E-state index contributed by atoms with van der Waals surface area (Å²) < 4.78 is 18.1. The number of ether oxygens (including phenoxy) is 3. The van der Waals surface area contributed by atoms with Crippen molar-refractivity contribution in [2.24, 2.45) is 5.92 Å². The molecule has 8 N–H and O–H groups in total. The lowest BCUT2D eigenvalue weighted by Crippen LogP contribution is -2.47. The number of nitrogens with one attached hydrogen (secondary N) is 3. The van der Waals surface area contributed by atoms with Crippen molar-refractivity contribution in [3.63, 3.8) is 0 Å². The van der Waals surface area contributed by atoms with E-state index in [4.69, 9.17) is 30.8 Å². The summed E-state index contributed by atoms with van der Waals surface area (Å²) in [5.74, 6) is 11.3. The number of aliphatic carboxylic acids is 1. The number of aromatic nitrogens is 5. The standard InChI is InChI=1S/C18H23N3O3S.C14H15N3O3S.C13H18BrN3O2S.C11H12BrN3OS.C8H14O2S.C6H6Br2N2/c1-18(2,3)24-15(22)5-4-12-8-13-10-21-6-7-25-11-14(21)17(23)20-16(13)19-9-12;18-12(19)2-1-9-5-10-7-17-3-4-21-8-11(17)14(20)16-13(10)15-6-9;1-2-19-13(18)11-8-20-4-3-17(11)7-9-5-10(14)6-16-12(9)15;12-8-3-7-5-15-1-2-17-6-9(15)11(16)14-10(7)13-4-8;1-2-10-8(9)7-4-3-5-11-6-7;7-2-4-1-5(8)3-10-6(4)9/h4-5,8-9,14H,6-7,10-11H2,1-3H3,(H,19,20,23);1-2,5-6,11H,3-4,7-8H2,(H,18,19)(H,15,16,20);5-6,11H,2-4,7-8H2,1H3,(H2,15,16);3-4,9H,1-2,5-6H2,(H,13,14,16);7H,2-6H2,1H3;1,3H,2H2,(H2,9,10)/b5-4+;2-1+;;;;. The Morgan fingerprint density at radius 3 is 1.48 bits per heavy atom. The third-order valence-corrected chi connectivity index (χ3v) is 23.9. The lowest BCUT2D eigenvalue weighted by Gasteiger charge is -2.33. The van der Waals surface area contributed by atoms with Crippen LogP contribution in [0.2, 0.25) is 0 Å². The molecule has 5 saturated heterocycles. The van der Waals surface area contributed by atoms with Crippen LogP contribution in [0.5, 0.6) is 0 Å². The number of hydrogen-bond acceptors (Lipinski definition) is 26. The third-order valence-electron chi connectivity index (χ3n) is 16.6. The predicted octanol–water partition coefficient (Wildman–Crippen LogP) is 11.0. The molecule has 5 aromatic rings. The van der Waals surface area contributed by atoms with Crippen LogP contribution in [0.25, 0.3) is 12.2 Å². The average Bonchev–Trinajstić information content (AvgIpc) is 1.75. The Kier molecular flexibility index (Phi) is 34.4. The Morgan fingerprint density at radius 1 is 0.577 bits per heavy atom. The SMILES string of the molecule is CC(C)(C)OC(=O)/C=C/c1cnc2c(c1)CN1CCSCC1C(=O)N2.CCOC(=O)C1CCCSC1.CCOC(=O)C1CSCCN1Cc1cc(Br)cnc1N.Nc1ncc(Br)cc1CBr.O=C(O)/C=C/c1cnc2c(c1)CN1CCSCC1C(=O)N2.O=C1Nc2ncc(Br)cc2CN2CCSCC12. The van der Waals surface area contributed by atoms with Gasteiger partial charge in [0.25, 0.3) is 0 Å². The summed E-state index contributed by atoms with van der Waals surface area (Å²) in [7, 11) is 0. The van der Waals surface area contributed by atoms with Crippen LogP contribution in [0.3, 0.4) is 0 Å². The van der Waals surface area contributed by atoms with E-state index < -0.39 is 11.6 Å². The Morgan fingerprint density at radius 2 is 1.01 bits per heavy atom. The van der Waals surface area contributed by atoms with Gasteiger partial charge in [-0.1, -0.05) is 15.9 Å². The van der Waals surface area contributed by atoms with E-state index >= 15 is 0 Å². The first-order valence-corrected chi connectivity index (χ1v) is 43.1. The first-order valence-electron chi connectivity index (χ1n) is 33.8. The fourth-order valence-electron chi connectivity index (χ4n) is 11.5. The van der Waals surface area contributed by atoms with Crippen LogP contribution in [-0.2, 0) is 79.3 Å². The van der Waals surface area contributed by atoms with Gasteiger partial charge < -0.3 is 46.7 Å². The van der Waals surface area contributed by atoms with Gasteiger partial charge in [0.05, 0.1) is 37.3 Å². The maximum absolute atomic E-state index is 12.4. The number of rotatable bonds is 11. The largest absolute Gasteiger partial charge is 0.478 e. The average molecular weight is 1780 g/mol. The Balaban J connectivity index is 0.000000162. The summed E-state index contributed by atoms with van der Waals surface area (Å²) in [6, 6.07) is 9.34. The van der Waals surface area contributed by atoms with Crippen LogP contribution in [0, 0.1) is 5.92 Å². The number of nitrogens with two attached hydrogens (primary N) is 2. The Bertz CT molecular complexity index is 3860. The molecule has 5 fully saturated rings. The summed E-state index contributed by atoms with van der Waals surface area (Å²) in [6.45, 7) is 16.4. The highest BCUT2D eigenvalue weighted by Crippen LogP contribution is 2.32. The molecular weight excluding hydrogens is 1690 g/mol. The summed E-state index contributed by atoms with van der Waals surface area (Å²) in [6.07, 6.45) is 16.2. The van der Waals surface area contributed by atoms with Crippen LogP contribution < -0.4 is 27.4 Å². The number of pyridine rings is 5. The minimum absolute atomic E-state index is 0.000278. The van der Waals surface area contributed by atoms with Crippen molar-refractivity contribution in [3.05, 3.63) is 126 Å². The fourth-order valence-corrected chi connectivity index (χ4v) is 18.6. The highest BCUT2D eigenvalue weighted by molar-refractivity contribution is 9.11. The van der Waals surface area contributed by atoms with Gasteiger partial charge in [0.1, 0.15) is 40.7 Å². The molecule has 0 saturated carbocycles. The van der Waals surface area contributed by atoms with E-state index in [9.17, 15) is 33.6 Å². The number of alkyl halides is 1. The number of halogens is 4. The van der Waals surface area contributed by atoms with Crippen molar-refractivity contribution in [1.82, 2.24) is 44.5 Å². The topological polar surface area (TPSA) is 333 Å². The second kappa shape index (κ2) is 42.4. The lowest BCUT2D eigenvalue weighted by molar-refractivity contribution is -0.149. The fraction of sp³-hybridized carbons (Fsp3) is 0.486. The van der Waals surface area contributed by atoms with E-state index in [-0.39, 0.29) is 65.7 Å². The number of nitrogens with zero attached hydrogens (tertiary/aromatic N) is 9. The quantitative estimate of drug-likeness (QED) is 0.0310. The van der Waals surface area contributed by atoms with E-state index in [0.717, 1.165) is 161 Å². The molecule has 13 heterocycles. The van der Waals surface area contributed by atoms with Crippen molar-refractivity contribution in [2.45, 2.75) is 109 Å². The molecule has 0 bridgehead atoms. The molecule has 8 aliphatic heterocycles. The molecule has 5 unspecified atom stereocenters. The van der Waals surface area contributed by atoms with Gasteiger partial charge in [-0.05, 0) is 155 Å². The second-order valence-electron chi connectivity index (χ2n) is 25.4. The third kappa shape index (κ3) is 26.5. The van der Waals surface area contributed by atoms with Crippen LogP contribution in [0.1, 0.15) is 86.4 Å². The smallest absolute Gasteiger partial charge is 0.331 e. The number of nitrogen functional groups attached to an aromatic ring is 2. The molecule has 5 atom stereocenters. The van der Waals surface area contributed by atoms with Crippen LogP contribution in [0.4, 0.5) is 29.1 Å². The van der Waals surface area contributed by atoms with Gasteiger partial charge in [-0.15, -0.1) is 0 Å². The van der Waals surface area contributed by atoms with Crippen molar-refractivity contribution >= 4 is 205 Å². The van der Waals surface area contributed by atoms with Crippen molar-refractivity contribution in [1.29, 1.82) is 0 Å². The number of fused-ring (bicyclic) bond motifs is 6. The van der Waals surface area contributed by atoms with Crippen molar-refractivity contribution in [2.75, 3.05) is 124 Å². The number of carboxylic acid groups (broad SMARTS) is 1. The first kappa shape index (κ1) is 84.3. The number of anilines is 5. The molecule has 562 valence electrons. The van der Waals surface area contributed by atoms with E-state index in [0.29, 0.717) is 61.9 Å². The van der Waals surface area contributed by atoms with Crippen LogP contribution in [-0.4, -0.2) is 218 Å². The van der Waals surface area contributed by atoms with Gasteiger partial charge >= 0.3 is 23.9 Å². The van der Waals surface area contributed by atoms with E-state index in [1.807, 2.05) is 88.5 Å². The zero-order valence-corrected chi connectivity index (χ0v) is 68.9. The van der Waals surface area contributed by atoms with Gasteiger partial charge in [-0.3, -0.25) is 43.6 Å². The number of thioether (sulfide) groups is 5. The van der Waals surface area contributed by atoms with E-state index in [1.165, 1.54) is 17.9 Å². The normalized spacial score (nSPS) is 21.0. The van der Waals surface area contributed by atoms with Gasteiger partial charge in [0.2, 0.25) is 17.7 Å². The molecular formula is C70H88Br4N14O11S5. The summed E-state index contributed by atoms with van der Waals surface area (Å²) in [4.78, 5) is 112. The van der Waals surface area contributed by atoms with Gasteiger partial charge in [0, 0.05) is 194 Å². The molecule has 5 aromatic heterocycles. The van der Waals surface area contributed by atoms with Gasteiger partial charge in [0.15, 0.2) is 0 Å². The van der Waals surface area contributed by atoms with Gasteiger partial charge in [-0.25, -0.2) is 34.5 Å². The molecule has 0 aromatic carbocycles. The molecule has 34 heteroatoms. The molecule has 104 heavy (non-hydrogen) atoms. The maximum Gasteiger partial charge on any atom is 0.331 e. The van der Waals surface area contributed by atoms with Crippen molar-refractivity contribution < 1.29 is 52.9 Å². The monoisotopic (exact) mass is 1780 g/mol. The highest BCUT2D eigenvalue weighted by atomic mass is 79.9. The maximum atomic E-state index is 12.4. The highest BCUT2D eigenvalue weighted by Gasteiger charge is 2.37. The van der Waals surface area contributed by atoms with E-state index in [2.05, 4.69) is 124 Å². The molecule has 0 radical (unpaired) electrons. The van der Waals surface area contributed by atoms with Gasteiger partial charge in [-0.2, -0.15) is 58.8 Å². The first-order chi connectivity index (χ1) is 49.9. The molecule has 13 rings (SSSR count). The van der Waals surface area contributed by atoms with E-state index in [1.54, 1.807) is 72.3 Å². The molecule has 0 spiro atoms. The molecule has 3 amide bonds. The number of esters is 3. The summed E-state index contributed by atoms with van der Waals surface area (Å²) >= 11 is 22.5. The number of carboxylic acids is 1. The zero-order chi connectivity index (χ0) is 74.9. The molecule has 25 nitrogen and oxygen atoms in total. The zero-order valence-electron chi connectivity index (χ0n) is 58.5. The minimum Gasteiger partial charge on any atom is -0.478 e. The molecule has 8 aliphatic rings. The number of amides is 3. The predicted molar refractivity (Wildman–Crippen MR) is 433 cm³/mol. The number of carbonyl (C=O) groups is 7. The second-order valence-corrected chi connectivity index (χ2v) is 34.5. The molecule has 0 aliphatic carbocycles. The van der Waals surface area contributed by atoms with Crippen molar-refractivity contribution in [3.8, 4) is 0 Å².